The lowest BCUT2D eigenvalue weighted by atomic mass is 9.75. The molecule has 90 valence electrons. The molecule has 0 spiro atoms. The monoisotopic (exact) mass is 221 g/mol. The first-order chi connectivity index (χ1) is 7.68. The fourth-order valence-corrected chi connectivity index (χ4v) is 3.07. The molecule has 1 aromatic heterocycles. The number of hydrogen-bond donors (Lipinski definition) is 1. The number of imidazole rings is 1. The number of aryl methyl sites for hydroxylation is 1. The van der Waals surface area contributed by atoms with E-state index in [4.69, 9.17) is 5.73 Å². The third-order valence-electron chi connectivity index (χ3n) is 4.41. The van der Waals surface area contributed by atoms with Gasteiger partial charge in [-0.3, -0.25) is 0 Å². The van der Waals surface area contributed by atoms with Gasteiger partial charge in [-0.25, -0.2) is 4.98 Å². The first kappa shape index (κ1) is 11.6. The van der Waals surface area contributed by atoms with E-state index in [1.54, 1.807) is 0 Å². The largest absolute Gasteiger partial charge is 0.338 e. The molecule has 1 fully saturated rings. The zero-order chi connectivity index (χ0) is 11.6. The molecule has 1 aliphatic rings. The Morgan fingerprint density at radius 2 is 2.19 bits per heavy atom. The van der Waals surface area contributed by atoms with Crippen LogP contribution in [0.15, 0.2) is 12.4 Å². The van der Waals surface area contributed by atoms with Gasteiger partial charge in [0, 0.05) is 31.9 Å². The van der Waals surface area contributed by atoms with E-state index in [2.05, 4.69) is 16.5 Å². The standard InChI is InChI=1S/C13H23N3/c1-3-13(6-4-5-7-13)11(14)10-12-15-8-9-16(12)2/h8-9,11H,3-7,10,14H2,1-2H3. The van der Waals surface area contributed by atoms with E-state index in [0.717, 1.165) is 12.2 Å². The summed E-state index contributed by atoms with van der Waals surface area (Å²) in [4.78, 5) is 4.38. The van der Waals surface area contributed by atoms with E-state index in [1.807, 2.05) is 19.4 Å². The van der Waals surface area contributed by atoms with Gasteiger partial charge in [0.15, 0.2) is 0 Å². The Hall–Kier alpha value is -0.830. The highest BCUT2D eigenvalue weighted by molar-refractivity contribution is 5.00. The van der Waals surface area contributed by atoms with E-state index >= 15 is 0 Å². The summed E-state index contributed by atoms with van der Waals surface area (Å²) in [6, 6.07) is 0.265. The van der Waals surface area contributed by atoms with Crippen LogP contribution in [-0.2, 0) is 13.5 Å². The quantitative estimate of drug-likeness (QED) is 0.847. The van der Waals surface area contributed by atoms with Crippen LogP contribution in [-0.4, -0.2) is 15.6 Å². The minimum atomic E-state index is 0.265. The van der Waals surface area contributed by atoms with Crippen molar-refractivity contribution < 1.29 is 0 Å². The summed E-state index contributed by atoms with van der Waals surface area (Å²) in [6.45, 7) is 2.28. The molecule has 1 unspecified atom stereocenters. The molecule has 0 aliphatic heterocycles. The molecule has 0 radical (unpaired) electrons. The van der Waals surface area contributed by atoms with Gasteiger partial charge in [0.2, 0.25) is 0 Å². The number of nitrogens with zero attached hydrogens (tertiary/aromatic N) is 2. The minimum Gasteiger partial charge on any atom is -0.338 e. The summed E-state index contributed by atoms with van der Waals surface area (Å²) in [6.07, 6.45) is 11.3. The summed E-state index contributed by atoms with van der Waals surface area (Å²) >= 11 is 0. The molecule has 1 heterocycles. The summed E-state index contributed by atoms with van der Waals surface area (Å²) in [5.41, 5.74) is 6.81. The average Bonchev–Trinajstić information content (AvgIpc) is 2.89. The summed E-state index contributed by atoms with van der Waals surface area (Å²) in [5.74, 6) is 1.12. The lowest BCUT2D eigenvalue weighted by Crippen LogP contribution is -2.41. The van der Waals surface area contributed by atoms with Crippen LogP contribution >= 0.6 is 0 Å². The molecule has 1 saturated carbocycles. The van der Waals surface area contributed by atoms with Gasteiger partial charge in [0.25, 0.3) is 0 Å². The second kappa shape index (κ2) is 4.58. The Balaban J connectivity index is 2.07. The Labute approximate surface area is 98.1 Å². The highest BCUT2D eigenvalue weighted by Crippen LogP contribution is 2.43. The second-order valence-electron chi connectivity index (χ2n) is 5.19. The summed E-state index contributed by atoms with van der Waals surface area (Å²) in [5, 5.41) is 0. The van der Waals surface area contributed by atoms with Crippen LogP contribution in [0.4, 0.5) is 0 Å². The van der Waals surface area contributed by atoms with E-state index in [0.29, 0.717) is 5.41 Å². The average molecular weight is 221 g/mol. The maximum Gasteiger partial charge on any atom is 0.109 e. The topological polar surface area (TPSA) is 43.8 Å². The van der Waals surface area contributed by atoms with Crippen LogP contribution in [0, 0.1) is 5.41 Å². The highest BCUT2D eigenvalue weighted by atomic mass is 15.0. The van der Waals surface area contributed by atoms with Crippen molar-refractivity contribution in [2.24, 2.45) is 18.2 Å². The molecule has 0 aromatic carbocycles. The Kier molecular flexibility index (Phi) is 3.33. The molecule has 1 aromatic rings. The third-order valence-corrected chi connectivity index (χ3v) is 4.41. The summed E-state index contributed by atoms with van der Waals surface area (Å²) < 4.78 is 2.08. The molecule has 3 nitrogen and oxygen atoms in total. The van der Waals surface area contributed by atoms with E-state index < -0.39 is 0 Å². The van der Waals surface area contributed by atoms with Crippen LogP contribution in [0.1, 0.15) is 44.9 Å². The molecule has 1 aliphatic carbocycles. The van der Waals surface area contributed by atoms with Crippen LogP contribution < -0.4 is 5.73 Å². The molecule has 0 saturated heterocycles. The van der Waals surface area contributed by atoms with Gasteiger partial charge >= 0.3 is 0 Å². The van der Waals surface area contributed by atoms with Gasteiger partial charge in [0.1, 0.15) is 5.82 Å². The third kappa shape index (κ3) is 2.01. The number of aromatic nitrogens is 2. The lowest BCUT2D eigenvalue weighted by Gasteiger charge is -2.34. The van der Waals surface area contributed by atoms with Crippen LogP contribution in [0.25, 0.3) is 0 Å². The Bertz CT molecular complexity index is 337. The van der Waals surface area contributed by atoms with Crippen molar-refractivity contribution in [1.29, 1.82) is 0 Å². The molecule has 2 N–H and O–H groups in total. The summed E-state index contributed by atoms with van der Waals surface area (Å²) in [7, 11) is 2.04. The maximum atomic E-state index is 6.43. The molecule has 16 heavy (non-hydrogen) atoms. The molecular formula is C13H23N3. The van der Waals surface area contributed by atoms with E-state index in [9.17, 15) is 0 Å². The first-order valence-corrected chi connectivity index (χ1v) is 6.40. The second-order valence-corrected chi connectivity index (χ2v) is 5.19. The zero-order valence-corrected chi connectivity index (χ0v) is 10.4. The van der Waals surface area contributed by atoms with E-state index in [1.165, 1.54) is 32.1 Å². The van der Waals surface area contributed by atoms with Gasteiger partial charge in [0.05, 0.1) is 0 Å². The highest BCUT2D eigenvalue weighted by Gasteiger charge is 2.38. The number of nitrogens with two attached hydrogens (primary N) is 1. The first-order valence-electron chi connectivity index (χ1n) is 6.40. The normalized spacial score (nSPS) is 21.2. The van der Waals surface area contributed by atoms with Crippen LogP contribution in [0.3, 0.4) is 0 Å². The maximum absolute atomic E-state index is 6.43. The lowest BCUT2D eigenvalue weighted by molar-refractivity contribution is 0.216. The fraction of sp³-hybridized carbons (Fsp3) is 0.769. The SMILES string of the molecule is CCC1(C(N)Cc2nccn2C)CCCC1. The molecule has 3 heteroatoms. The van der Waals surface area contributed by atoms with Crippen molar-refractivity contribution in [3.63, 3.8) is 0 Å². The molecule has 0 amide bonds. The van der Waals surface area contributed by atoms with Crippen LogP contribution in [0.2, 0.25) is 0 Å². The molecular weight excluding hydrogens is 198 g/mol. The zero-order valence-electron chi connectivity index (χ0n) is 10.4. The van der Waals surface area contributed by atoms with Crippen molar-refractivity contribution in [2.45, 2.75) is 51.5 Å². The number of rotatable bonds is 4. The minimum absolute atomic E-state index is 0.265. The van der Waals surface area contributed by atoms with Gasteiger partial charge in [-0.05, 0) is 24.7 Å². The van der Waals surface area contributed by atoms with Crippen molar-refractivity contribution in [3.8, 4) is 0 Å². The van der Waals surface area contributed by atoms with Crippen molar-refractivity contribution in [2.75, 3.05) is 0 Å². The molecule has 0 bridgehead atoms. The van der Waals surface area contributed by atoms with Crippen molar-refractivity contribution >= 4 is 0 Å². The van der Waals surface area contributed by atoms with Crippen LogP contribution in [0.5, 0.6) is 0 Å². The smallest absolute Gasteiger partial charge is 0.109 e. The van der Waals surface area contributed by atoms with Crippen molar-refractivity contribution in [3.05, 3.63) is 18.2 Å². The fourth-order valence-electron chi connectivity index (χ4n) is 3.07. The van der Waals surface area contributed by atoms with Gasteiger partial charge < -0.3 is 10.3 Å². The van der Waals surface area contributed by atoms with Gasteiger partial charge in [-0.15, -0.1) is 0 Å². The number of hydrogen-bond acceptors (Lipinski definition) is 2. The van der Waals surface area contributed by atoms with Gasteiger partial charge in [-0.1, -0.05) is 19.8 Å². The predicted octanol–water partition coefficient (Wildman–Crippen LogP) is 2.26. The van der Waals surface area contributed by atoms with E-state index in [-0.39, 0.29) is 6.04 Å². The Morgan fingerprint density at radius 3 is 2.69 bits per heavy atom. The van der Waals surface area contributed by atoms with Gasteiger partial charge in [-0.2, -0.15) is 0 Å². The Morgan fingerprint density at radius 1 is 1.50 bits per heavy atom. The molecule has 1 atom stereocenters. The van der Waals surface area contributed by atoms with Crippen molar-refractivity contribution in [1.82, 2.24) is 9.55 Å². The molecule has 2 rings (SSSR count). The predicted molar refractivity (Wildman–Crippen MR) is 66.1 cm³/mol.